The van der Waals surface area contributed by atoms with Crippen LogP contribution in [0.5, 0.6) is 11.5 Å². The minimum Gasteiger partial charge on any atom is -0.454 e. The van der Waals surface area contributed by atoms with Gasteiger partial charge in [-0.15, -0.1) is 0 Å². The van der Waals surface area contributed by atoms with Crippen LogP contribution < -0.4 is 10.5 Å². The van der Waals surface area contributed by atoms with E-state index in [9.17, 15) is 4.39 Å². The van der Waals surface area contributed by atoms with Gasteiger partial charge >= 0.3 is 0 Å². The fraction of sp³-hybridized carbons (Fsp3) is 0.143. The van der Waals surface area contributed by atoms with Crippen molar-refractivity contribution in [1.29, 1.82) is 0 Å². The molecule has 0 saturated heterocycles. The lowest BCUT2D eigenvalue weighted by Crippen LogP contribution is -2.05. The topological polar surface area (TPSA) is 35.2 Å². The second-order valence-corrected chi connectivity index (χ2v) is 4.74. The molecule has 0 saturated carbocycles. The van der Waals surface area contributed by atoms with Crippen LogP contribution in [-0.2, 0) is 6.42 Å². The first-order valence-electron chi connectivity index (χ1n) is 5.61. The normalized spacial score (nSPS) is 10.4. The van der Waals surface area contributed by atoms with Crippen LogP contribution in [0.3, 0.4) is 0 Å². The second-order valence-electron chi connectivity index (χ2n) is 3.83. The molecule has 94 valence electrons. The Bertz CT molecular complexity index is 545. The zero-order valence-corrected chi connectivity index (χ0v) is 11.3. The number of hydrogen-bond acceptors (Lipinski definition) is 2. The molecule has 2 N–H and O–H groups in total. The molecule has 0 aliphatic rings. The summed E-state index contributed by atoms with van der Waals surface area (Å²) < 4.78 is 20.3. The molecule has 2 aromatic rings. The summed E-state index contributed by atoms with van der Waals surface area (Å²) in [6.07, 6.45) is 0.584. The molecule has 2 rings (SSSR count). The highest BCUT2D eigenvalue weighted by atomic mass is 79.9. The Morgan fingerprint density at radius 3 is 2.67 bits per heavy atom. The molecule has 0 amide bonds. The van der Waals surface area contributed by atoms with Crippen molar-refractivity contribution >= 4 is 15.9 Å². The Balaban J connectivity index is 2.33. The SMILES string of the molecule is NCCc1cccc(F)c1Oc1cccc(Br)c1. The van der Waals surface area contributed by atoms with E-state index in [2.05, 4.69) is 15.9 Å². The summed E-state index contributed by atoms with van der Waals surface area (Å²) in [5.74, 6) is 0.467. The zero-order chi connectivity index (χ0) is 13.0. The van der Waals surface area contributed by atoms with E-state index in [1.165, 1.54) is 6.07 Å². The van der Waals surface area contributed by atoms with Gasteiger partial charge < -0.3 is 10.5 Å². The van der Waals surface area contributed by atoms with E-state index in [0.29, 0.717) is 18.7 Å². The number of benzene rings is 2. The van der Waals surface area contributed by atoms with Gasteiger partial charge in [-0.1, -0.05) is 34.1 Å². The highest BCUT2D eigenvalue weighted by Crippen LogP contribution is 2.29. The van der Waals surface area contributed by atoms with Gasteiger partial charge in [-0.05, 0) is 42.8 Å². The molecular weight excluding hydrogens is 297 g/mol. The molecule has 0 aromatic heterocycles. The Morgan fingerprint density at radius 1 is 1.17 bits per heavy atom. The number of para-hydroxylation sites is 1. The summed E-state index contributed by atoms with van der Waals surface area (Å²) in [5.41, 5.74) is 6.29. The van der Waals surface area contributed by atoms with Gasteiger partial charge in [0.15, 0.2) is 11.6 Å². The summed E-state index contributed by atoms with van der Waals surface area (Å²) in [7, 11) is 0. The fourth-order valence-electron chi connectivity index (χ4n) is 1.67. The molecular formula is C14H13BrFNO. The third kappa shape index (κ3) is 3.09. The number of ether oxygens (including phenoxy) is 1. The van der Waals surface area contributed by atoms with Gasteiger partial charge in [0.2, 0.25) is 0 Å². The predicted octanol–water partition coefficient (Wildman–Crippen LogP) is 3.88. The molecule has 0 spiro atoms. The van der Waals surface area contributed by atoms with Crippen LogP contribution in [0.4, 0.5) is 4.39 Å². The van der Waals surface area contributed by atoms with Gasteiger partial charge in [-0.3, -0.25) is 0 Å². The first-order chi connectivity index (χ1) is 8.70. The maximum absolute atomic E-state index is 13.8. The van der Waals surface area contributed by atoms with Crippen molar-refractivity contribution in [3.05, 3.63) is 58.3 Å². The van der Waals surface area contributed by atoms with Crippen LogP contribution in [0.2, 0.25) is 0 Å². The lowest BCUT2D eigenvalue weighted by Gasteiger charge is -2.11. The molecule has 0 aliphatic heterocycles. The smallest absolute Gasteiger partial charge is 0.166 e. The molecule has 18 heavy (non-hydrogen) atoms. The van der Waals surface area contributed by atoms with E-state index in [-0.39, 0.29) is 11.6 Å². The molecule has 2 aromatic carbocycles. The van der Waals surface area contributed by atoms with Crippen LogP contribution in [0, 0.1) is 5.82 Å². The summed E-state index contributed by atoms with van der Waals surface area (Å²) >= 11 is 3.35. The molecule has 0 fully saturated rings. The minimum atomic E-state index is -0.374. The maximum atomic E-state index is 13.8. The monoisotopic (exact) mass is 309 g/mol. The third-order valence-corrected chi connectivity index (χ3v) is 2.97. The van der Waals surface area contributed by atoms with Crippen LogP contribution in [0.25, 0.3) is 0 Å². The number of rotatable bonds is 4. The number of nitrogens with two attached hydrogens (primary N) is 1. The van der Waals surface area contributed by atoms with Gasteiger partial charge in [0.1, 0.15) is 5.75 Å². The van der Waals surface area contributed by atoms with Crippen molar-refractivity contribution in [2.45, 2.75) is 6.42 Å². The molecule has 0 radical (unpaired) electrons. The van der Waals surface area contributed by atoms with Crippen LogP contribution in [0.1, 0.15) is 5.56 Å². The lowest BCUT2D eigenvalue weighted by molar-refractivity contribution is 0.436. The van der Waals surface area contributed by atoms with E-state index < -0.39 is 0 Å². The third-order valence-electron chi connectivity index (χ3n) is 2.48. The summed E-state index contributed by atoms with van der Waals surface area (Å²) in [6, 6.07) is 12.2. The average molecular weight is 310 g/mol. The maximum Gasteiger partial charge on any atom is 0.166 e. The van der Waals surface area contributed by atoms with Crippen LogP contribution in [-0.4, -0.2) is 6.54 Å². The number of halogens is 2. The van der Waals surface area contributed by atoms with Crippen LogP contribution >= 0.6 is 15.9 Å². The predicted molar refractivity (Wildman–Crippen MR) is 73.4 cm³/mol. The minimum absolute atomic E-state index is 0.251. The zero-order valence-electron chi connectivity index (χ0n) is 9.70. The fourth-order valence-corrected chi connectivity index (χ4v) is 2.05. The van der Waals surface area contributed by atoms with Crippen molar-refractivity contribution in [3.8, 4) is 11.5 Å². The summed E-state index contributed by atoms with van der Waals surface area (Å²) in [6.45, 7) is 0.457. The highest BCUT2D eigenvalue weighted by molar-refractivity contribution is 9.10. The highest BCUT2D eigenvalue weighted by Gasteiger charge is 2.10. The Morgan fingerprint density at radius 2 is 1.94 bits per heavy atom. The van der Waals surface area contributed by atoms with Crippen molar-refractivity contribution in [2.24, 2.45) is 5.73 Å². The molecule has 0 aliphatic carbocycles. The van der Waals surface area contributed by atoms with Crippen molar-refractivity contribution in [3.63, 3.8) is 0 Å². The van der Waals surface area contributed by atoms with Gasteiger partial charge in [0, 0.05) is 4.47 Å². The van der Waals surface area contributed by atoms with E-state index in [4.69, 9.17) is 10.5 Å². The Labute approximate surface area is 114 Å². The van der Waals surface area contributed by atoms with Gasteiger partial charge in [0.25, 0.3) is 0 Å². The Hall–Kier alpha value is -1.39. The van der Waals surface area contributed by atoms with Gasteiger partial charge in [0.05, 0.1) is 0 Å². The van der Waals surface area contributed by atoms with Crippen molar-refractivity contribution in [1.82, 2.24) is 0 Å². The molecule has 2 nitrogen and oxygen atoms in total. The van der Waals surface area contributed by atoms with Gasteiger partial charge in [-0.2, -0.15) is 0 Å². The molecule has 4 heteroatoms. The molecule has 0 atom stereocenters. The second kappa shape index (κ2) is 5.98. The Kier molecular flexibility index (Phi) is 4.33. The largest absolute Gasteiger partial charge is 0.454 e. The van der Waals surface area contributed by atoms with E-state index >= 15 is 0 Å². The van der Waals surface area contributed by atoms with E-state index in [1.807, 2.05) is 18.2 Å². The first-order valence-corrected chi connectivity index (χ1v) is 6.41. The van der Waals surface area contributed by atoms with E-state index in [1.54, 1.807) is 18.2 Å². The van der Waals surface area contributed by atoms with Crippen LogP contribution in [0.15, 0.2) is 46.9 Å². The quantitative estimate of drug-likeness (QED) is 0.930. The standard InChI is InChI=1S/C14H13BrFNO/c15-11-4-2-5-12(9-11)18-14-10(7-8-17)3-1-6-13(14)16/h1-6,9H,7-8,17H2. The van der Waals surface area contributed by atoms with Crippen molar-refractivity contribution < 1.29 is 9.13 Å². The summed E-state index contributed by atoms with van der Waals surface area (Å²) in [5, 5.41) is 0. The molecule has 0 bridgehead atoms. The lowest BCUT2D eigenvalue weighted by atomic mass is 10.1. The molecule has 0 unspecified atom stereocenters. The van der Waals surface area contributed by atoms with E-state index in [0.717, 1.165) is 10.0 Å². The molecule has 0 heterocycles. The first kappa shape index (κ1) is 13.1. The summed E-state index contributed by atoms with van der Waals surface area (Å²) in [4.78, 5) is 0. The van der Waals surface area contributed by atoms with Gasteiger partial charge in [-0.25, -0.2) is 4.39 Å². The van der Waals surface area contributed by atoms with Crippen molar-refractivity contribution in [2.75, 3.05) is 6.54 Å². The average Bonchev–Trinajstić information content (AvgIpc) is 2.34. The number of hydrogen-bond donors (Lipinski definition) is 1.